The van der Waals surface area contributed by atoms with Gasteiger partial charge in [0.25, 0.3) is 0 Å². The van der Waals surface area contributed by atoms with E-state index < -0.39 is 5.41 Å². The summed E-state index contributed by atoms with van der Waals surface area (Å²) in [5, 5.41) is 12.3. The molecule has 0 rings (SSSR count). The van der Waals surface area contributed by atoms with Gasteiger partial charge >= 0.3 is 0 Å². The van der Waals surface area contributed by atoms with Gasteiger partial charge in [0, 0.05) is 5.41 Å². The van der Waals surface area contributed by atoms with Crippen LogP contribution < -0.4 is 5.32 Å². The van der Waals surface area contributed by atoms with Gasteiger partial charge in [0.2, 0.25) is 5.91 Å². The number of allylic oxidation sites excluding steroid dienone is 1. The molecule has 0 saturated carbocycles. The molecule has 0 unspecified atom stereocenters. The predicted octanol–water partition coefficient (Wildman–Crippen LogP) is 6.16. The van der Waals surface area contributed by atoms with E-state index in [0.29, 0.717) is 0 Å². The monoisotopic (exact) mass is 367 g/mol. The van der Waals surface area contributed by atoms with Gasteiger partial charge in [-0.1, -0.05) is 110 Å². The van der Waals surface area contributed by atoms with Crippen LogP contribution >= 0.6 is 0 Å². The summed E-state index contributed by atoms with van der Waals surface area (Å²) in [4.78, 5) is 11.9. The van der Waals surface area contributed by atoms with Crippen molar-refractivity contribution in [2.24, 2.45) is 5.41 Å². The molecule has 0 fully saturated rings. The number of aliphatic hydroxyl groups is 1. The van der Waals surface area contributed by atoms with Crippen molar-refractivity contribution >= 4 is 5.91 Å². The van der Waals surface area contributed by atoms with Crippen LogP contribution in [0.3, 0.4) is 0 Å². The molecule has 0 spiro atoms. The number of amides is 1. The molecule has 26 heavy (non-hydrogen) atoms. The number of aliphatic hydroxyl groups excluding tert-OH is 1. The lowest BCUT2D eigenvalue weighted by atomic mass is 9.95. The first-order valence-corrected chi connectivity index (χ1v) is 11.0. The Morgan fingerprint density at radius 2 is 1.35 bits per heavy atom. The number of rotatable bonds is 16. The van der Waals surface area contributed by atoms with Crippen LogP contribution in [0, 0.1) is 5.41 Å². The van der Waals surface area contributed by atoms with Crippen LogP contribution in [0.5, 0.6) is 0 Å². The van der Waals surface area contributed by atoms with E-state index >= 15 is 0 Å². The third-order valence-corrected chi connectivity index (χ3v) is 4.79. The van der Waals surface area contributed by atoms with E-state index in [0.717, 1.165) is 6.42 Å². The molecule has 0 aromatic carbocycles. The Morgan fingerprint density at radius 1 is 0.885 bits per heavy atom. The standard InChI is InChI=1S/C23H45NO2/c1-5-6-7-8-9-10-11-12-13-14-15-16-17-18-19-21(20-25)24-22(26)23(2,3)4/h18-19,21,25H,5-17,20H2,1-4H3,(H,24,26)/t21-/m1/s1. The molecule has 0 aliphatic heterocycles. The van der Waals surface area contributed by atoms with Gasteiger partial charge in [0.05, 0.1) is 12.6 Å². The largest absolute Gasteiger partial charge is 0.394 e. The SMILES string of the molecule is CCCCCCCCCCCCCCC=C[C@H](CO)NC(=O)C(C)(C)C. The summed E-state index contributed by atoms with van der Waals surface area (Å²) < 4.78 is 0. The number of carbonyl (C=O) groups excluding carboxylic acids is 1. The Labute approximate surface area is 163 Å². The summed E-state index contributed by atoms with van der Waals surface area (Å²) >= 11 is 0. The fourth-order valence-corrected chi connectivity index (χ4v) is 2.90. The molecule has 0 aromatic heterocycles. The number of nitrogens with one attached hydrogen (secondary N) is 1. The van der Waals surface area contributed by atoms with Gasteiger partial charge in [-0.15, -0.1) is 0 Å². The zero-order valence-corrected chi connectivity index (χ0v) is 18.0. The lowest BCUT2D eigenvalue weighted by molar-refractivity contribution is -0.129. The zero-order valence-electron chi connectivity index (χ0n) is 18.0. The number of carbonyl (C=O) groups is 1. The van der Waals surface area contributed by atoms with E-state index in [2.05, 4.69) is 18.3 Å². The topological polar surface area (TPSA) is 49.3 Å². The number of hydrogen-bond donors (Lipinski definition) is 2. The predicted molar refractivity (Wildman–Crippen MR) is 113 cm³/mol. The van der Waals surface area contributed by atoms with Crippen LogP contribution in [0.1, 0.15) is 111 Å². The molecule has 0 aliphatic rings. The summed E-state index contributed by atoms with van der Waals surface area (Å²) in [5.41, 5.74) is -0.420. The minimum Gasteiger partial charge on any atom is -0.394 e. The van der Waals surface area contributed by atoms with E-state index in [1.54, 1.807) is 0 Å². The summed E-state index contributed by atoms with van der Waals surface area (Å²) in [6, 6.07) is -0.265. The first-order valence-electron chi connectivity index (χ1n) is 11.0. The van der Waals surface area contributed by atoms with Crippen LogP contribution in [0.15, 0.2) is 12.2 Å². The normalized spacial score (nSPS) is 13.3. The zero-order chi connectivity index (χ0) is 19.7. The molecule has 0 aliphatic carbocycles. The summed E-state index contributed by atoms with van der Waals surface area (Å²) in [6.07, 6.45) is 21.4. The molecule has 0 heterocycles. The lowest BCUT2D eigenvalue weighted by Crippen LogP contribution is -2.42. The van der Waals surface area contributed by atoms with Crippen LogP contribution in [0.25, 0.3) is 0 Å². The number of unbranched alkanes of at least 4 members (excludes halogenated alkanes) is 12. The smallest absolute Gasteiger partial charge is 0.225 e. The maximum absolute atomic E-state index is 11.9. The third kappa shape index (κ3) is 15.4. The van der Waals surface area contributed by atoms with Crippen molar-refractivity contribution in [3.8, 4) is 0 Å². The Hall–Kier alpha value is -0.830. The van der Waals surface area contributed by atoms with Crippen molar-refractivity contribution in [2.75, 3.05) is 6.61 Å². The molecule has 3 nitrogen and oxygen atoms in total. The molecule has 1 atom stereocenters. The van der Waals surface area contributed by atoms with E-state index in [1.807, 2.05) is 26.8 Å². The van der Waals surface area contributed by atoms with Crippen molar-refractivity contribution in [3.05, 3.63) is 12.2 Å². The summed E-state index contributed by atoms with van der Waals surface area (Å²) in [5.74, 6) is -0.0217. The van der Waals surface area contributed by atoms with Gasteiger partial charge < -0.3 is 10.4 Å². The van der Waals surface area contributed by atoms with Gasteiger partial charge in [0.15, 0.2) is 0 Å². The molecule has 0 saturated heterocycles. The molecule has 1 amide bonds. The Bertz CT molecular complexity index is 358. The van der Waals surface area contributed by atoms with Crippen molar-refractivity contribution in [3.63, 3.8) is 0 Å². The first kappa shape index (κ1) is 25.2. The third-order valence-electron chi connectivity index (χ3n) is 4.79. The second kappa shape index (κ2) is 16.4. The minimum atomic E-state index is -0.420. The highest BCUT2D eigenvalue weighted by Crippen LogP contribution is 2.14. The maximum atomic E-state index is 11.9. The minimum absolute atomic E-state index is 0.0217. The van der Waals surface area contributed by atoms with E-state index in [-0.39, 0.29) is 18.6 Å². The van der Waals surface area contributed by atoms with Crippen LogP contribution in [-0.4, -0.2) is 23.7 Å². The van der Waals surface area contributed by atoms with Crippen molar-refractivity contribution in [2.45, 2.75) is 117 Å². The molecule has 0 aromatic rings. The molecule has 2 N–H and O–H groups in total. The summed E-state index contributed by atoms with van der Waals surface area (Å²) in [7, 11) is 0. The van der Waals surface area contributed by atoms with Gasteiger partial charge in [-0.2, -0.15) is 0 Å². The van der Waals surface area contributed by atoms with Gasteiger partial charge in [-0.25, -0.2) is 0 Å². The molecule has 0 radical (unpaired) electrons. The second-order valence-corrected chi connectivity index (χ2v) is 8.62. The first-order chi connectivity index (χ1) is 12.4. The van der Waals surface area contributed by atoms with E-state index in [1.165, 1.54) is 77.0 Å². The fourth-order valence-electron chi connectivity index (χ4n) is 2.90. The Kier molecular flexibility index (Phi) is 15.8. The van der Waals surface area contributed by atoms with Crippen molar-refractivity contribution < 1.29 is 9.90 Å². The number of hydrogen-bond acceptors (Lipinski definition) is 2. The van der Waals surface area contributed by atoms with E-state index in [9.17, 15) is 9.90 Å². The molecule has 0 bridgehead atoms. The van der Waals surface area contributed by atoms with Crippen molar-refractivity contribution in [1.82, 2.24) is 5.32 Å². The van der Waals surface area contributed by atoms with E-state index in [4.69, 9.17) is 0 Å². The maximum Gasteiger partial charge on any atom is 0.225 e. The highest BCUT2D eigenvalue weighted by atomic mass is 16.3. The lowest BCUT2D eigenvalue weighted by Gasteiger charge is -2.21. The average molecular weight is 368 g/mol. The van der Waals surface area contributed by atoms with Gasteiger partial charge in [-0.3, -0.25) is 4.79 Å². The second-order valence-electron chi connectivity index (χ2n) is 8.62. The molecule has 154 valence electrons. The van der Waals surface area contributed by atoms with Crippen LogP contribution in [-0.2, 0) is 4.79 Å². The molecule has 3 heteroatoms. The Morgan fingerprint density at radius 3 is 1.77 bits per heavy atom. The average Bonchev–Trinajstić information content (AvgIpc) is 2.59. The molecular formula is C23H45NO2. The van der Waals surface area contributed by atoms with Crippen LogP contribution in [0.2, 0.25) is 0 Å². The van der Waals surface area contributed by atoms with Gasteiger partial charge in [0.1, 0.15) is 0 Å². The van der Waals surface area contributed by atoms with Crippen molar-refractivity contribution in [1.29, 1.82) is 0 Å². The Balaban J connectivity index is 3.53. The fraction of sp³-hybridized carbons (Fsp3) is 0.870. The summed E-state index contributed by atoms with van der Waals surface area (Å²) in [6.45, 7) is 7.87. The molecular weight excluding hydrogens is 322 g/mol. The highest BCUT2D eigenvalue weighted by Gasteiger charge is 2.22. The van der Waals surface area contributed by atoms with Gasteiger partial charge in [-0.05, 0) is 12.8 Å². The highest BCUT2D eigenvalue weighted by molar-refractivity contribution is 5.81. The van der Waals surface area contributed by atoms with Crippen LogP contribution in [0.4, 0.5) is 0 Å². The quantitative estimate of drug-likeness (QED) is 0.254.